The monoisotopic (exact) mass is 352 g/mol. The van der Waals surface area contributed by atoms with E-state index >= 15 is 0 Å². The first-order valence-corrected chi connectivity index (χ1v) is 8.11. The zero-order valence-electron chi connectivity index (χ0n) is 12.0. The summed E-state index contributed by atoms with van der Waals surface area (Å²) < 4.78 is 10.4. The lowest BCUT2D eigenvalue weighted by Crippen LogP contribution is -2.15. The van der Waals surface area contributed by atoms with Crippen molar-refractivity contribution in [2.45, 2.75) is 39.0 Å². The van der Waals surface area contributed by atoms with Crippen LogP contribution in [0.4, 0.5) is 0 Å². The van der Waals surface area contributed by atoms with Crippen LogP contribution >= 0.6 is 34.8 Å². The maximum absolute atomic E-state index is 11.5. The van der Waals surface area contributed by atoms with E-state index < -0.39 is 5.97 Å². The van der Waals surface area contributed by atoms with Gasteiger partial charge in [0.15, 0.2) is 6.61 Å². The predicted octanol–water partition coefficient (Wildman–Crippen LogP) is 5.54. The smallest absolute Gasteiger partial charge is 0.344 e. The fourth-order valence-corrected chi connectivity index (χ4v) is 2.28. The van der Waals surface area contributed by atoms with Crippen LogP contribution in [0.5, 0.6) is 5.75 Å². The molecule has 0 aliphatic carbocycles. The highest BCUT2D eigenvalue weighted by Crippen LogP contribution is 2.33. The van der Waals surface area contributed by atoms with Gasteiger partial charge < -0.3 is 9.47 Å². The van der Waals surface area contributed by atoms with Crippen LogP contribution in [0.3, 0.4) is 0 Å². The van der Waals surface area contributed by atoms with E-state index in [1.54, 1.807) is 0 Å². The van der Waals surface area contributed by atoms with E-state index in [4.69, 9.17) is 44.3 Å². The Morgan fingerprint density at radius 1 is 1.00 bits per heavy atom. The summed E-state index contributed by atoms with van der Waals surface area (Å²) in [7, 11) is 0. The van der Waals surface area contributed by atoms with Crippen molar-refractivity contribution in [3.8, 4) is 5.75 Å². The first-order valence-electron chi connectivity index (χ1n) is 6.97. The van der Waals surface area contributed by atoms with Gasteiger partial charge >= 0.3 is 5.97 Å². The molecule has 0 unspecified atom stereocenters. The van der Waals surface area contributed by atoms with Gasteiger partial charge in [0.05, 0.1) is 21.7 Å². The molecular weight excluding hydrogens is 335 g/mol. The van der Waals surface area contributed by atoms with Gasteiger partial charge in [0.25, 0.3) is 0 Å². The number of carbonyl (C=O) groups is 1. The topological polar surface area (TPSA) is 35.5 Å². The first kappa shape index (κ1) is 18.4. The van der Waals surface area contributed by atoms with Crippen LogP contribution in [-0.2, 0) is 9.53 Å². The minimum absolute atomic E-state index is 0.202. The number of esters is 1. The minimum Gasteiger partial charge on any atom is -0.480 e. The number of unbranched alkanes of at least 4 members (excludes halogenated alkanes) is 4. The predicted molar refractivity (Wildman–Crippen MR) is 86.7 cm³/mol. The maximum Gasteiger partial charge on any atom is 0.344 e. The van der Waals surface area contributed by atoms with E-state index in [-0.39, 0.29) is 6.61 Å². The molecular formula is C15H19Cl3O3. The lowest BCUT2D eigenvalue weighted by atomic mass is 10.2. The normalized spacial score (nSPS) is 10.5. The average Bonchev–Trinajstić information content (AvgIpc) is 2.45. The number of ether oxygens (including phenoxy) is 2. The van der Waals surface area contributed by atoms with Crippen LogP contribution in [0.15, 0.2) is 12.1 Å². The second-order valence-corrected chi connectivity index (χ2v) is 5.84. The van der Waals surface area contributed by atoms with Crippen LogP contribution in [0.2, 0.25) is 15.1 Å². The highest BCUT2D eigenvalue weighted by molar-refractivity contribution is 6.43. The quantitative estimate of drug-likeness (QED) is 0.332. The number of rotatable bonds is 9. The van der Waals surface area contributed by atoms with Gasteiger partial charge in [0.2, 0.25) is 0 Å². The molecule has 0 aromatic heterocycles. The largest absolute Gasteiger partial charge is 0.480 e. The summed E-state index contributed by atoms with van der Waals surface area (Å²) >= 11 is 17.6. The highest BCUT2D eigenvalue weighted by Gasteiger charge is 2.10. The molecule has 3 nitrogen and oxygen atoms in total. The second kappa shape index (κ2) is 10.1. The summed E-state index contributed by atoms with van der Waals surface area (Å²) in [6.07, 6.45) is 5.52. The Morgan fingerprint density at radius 2 is 1.67 bits per heavy atom. The Morgan fingerprint density at radius 3 is 2.38 bits per heavy atom. The third-order valence-electron chi connectivity index (χ3n) is 2.83. The molecule has 0 heterocycles. The molecule has 0 fully saturated rings. The van der Waals surface area contributed by atoms with E-state index in [2.05, 4.69) is 6.92 Å². The molecule has 0 spiro atoms. The van der Waals surface area contributed by atoms with Gasteiger partial charge in [-0.3, -0.25) is 0 Å². The molecule has 21 heavy (non-hydrogen) atoms. The fraction of sp³-hybridized carbons (Fsp3) is 0.533. The van der Waals surface area contributed by atoms with E-state index in [9.17, 15) is 4.79 Å². The summed E-state index contributed by atoms with van der Waals surface area (Å²) in [6.45, 7) is 2.37. The molecule has 1 aromatic carbocycles. The number of carbonyl (C=O) groups excluding carboxylic acids is 1. The molecule has 0 N–H and O–H groups in total. The SMILES string of the molecule is CCCCCCCOC(=O)COc1cc(Cl)c(Cl)cc1Cl. The van der Waals surface area contributed by atoms with Crippen molar-refractivity contribution in [1.29, 1.82) is 0 Å². The third-order valence-corrected chi connectivity index (χ3v) is 3.85. The molecule has 1 aromatic rings. The van der Waals surface area contributed by atoms with Gasteiger partial charge in [-0.25, -0.2) is 4.79 Å². The Kier molecular flexibility index (Phi) is 8.90. The maximum atomic E-state index is 11.5. The molecule has 0 bridgehead atoms. The van der Waals surface area contributed by atoms with E-state index in [0.29, 0.717) is 27.4 Å². The summed E-state index contributed by atoms with van der Waals surface area (Å²) in [5.74, 6) is -0.112. The molecule has 0 aliphatic heterocycles. The lowest BCUT2D eigenvalue weighted by molar-refractivity contribution is -0.146. The van der Waals surface area contributed by atoms with Crippen molar-refractivity contribution in [3.63, 3.8) is 0 Å². The van der Waals surface area contributed by atoms with E-state index in [0.717, 1.165) is 12.8 Å². The van der Waals surface area contributed by atoms with Crippen molar-refractivity contribution in [2.75, 3.05) is 13.2 Å². The highest BCUT2D eigenvalue weighted by atomic mass is 35.5. The van der Waals surface area contributed by atoms with E-state index in [1.807, 2.05) is 0 Å². The van der Waals surface area contributed by atoms with Crippen LogP contribution < -0.4 is 4.74 Å². The van der Waals surface area contributed by atoms with E-state index in [1.165, 1.54) is 31.4 Å². The number of halogens is 3. The molecule has 6 heteroatoms. The van der Waals surface area contributed by atoms with Crippen LogP contribution in [0, 0.1) is 0 Å². The Labute approximate surface area is 140 Å². The Bertz CT molecular complexity index is 464. The van der Waals surface area contributed by atoms with Crippen molar-refractivity contribution in [1.82, 2.24) is 0 Å². The van der Waals surface area contributed by atoms with Crippen LogP contribution in [0.1, 0.15) is 39.0 Å². The molecule has 0 aliphatic rings. The minimum atomic E-state index is -0.423. The lowest BCUT2D eigenvalue weighted by Gasteiger charge is -2.09. The van der Waals surface area contributed by atoms with Crippen LogP contribution in [0.25, 0.3) is 0 Å². The van der Waals surface area contributed by atoms with Crippen LogP contribution in [-0.4, -0.2) is 19.2 Å². The fourth-order valence-electron chi connectivity index (χ4n) is 1.68. The molecule has 118 valence electrons. The van der Waals surface area contributed by atoms with Crippen molar-refractivity contribution < 1.29 is 14.3 Å². The summed E-state index contributed by atoms with van der Waals surface area (Å²) in [6, 6.07) is 2.95. The first-order chi connectivity index (χ1) is 10.0. The molecule has 1 rings (SSSR count). The van der Waals surface area contributed by atoms with Gasteiger partial charge in [-0.05, 0) is 12.5 Å². The zero-order valence-corrected chi connectivity index (χ0v) is 14.2. The Hall–Kier alpha value is -0.640. The standard InChI is InChI=1S/C15H19Cl3O3/c1-2-3-4-5-6-7-20-15(19)10-21-14-9-12(17)11(16)8-13(14)18/h8-9H,2-7,10H2,1H3. The molecule has 0 saturated carbocycles. The number of benzene rings is 1. The number of hydrogen-bond acceptors (Lipinski definition) is 3. The van der Waals surface area contributed by atoms with Gasteiger partial charge in [0.1, 0.15) is 5.75 Å². The zero-order chi connectivity index (χ0) is 15.7. The molecule has 0 saturated heterocycles. The number of hydrogen-bond donors (Lipinski definition) is 0. The van der Waals surface area contributed by atoms with Gasteiger partial charge in [-0.1, -0.05) is 67.4 Å². The molecule has 0 atom stereocenters. The summed E-state index contributed by atoms with van der Waals surface area (Å²) in [4.78, 5) is 11.5. The third kappa shape index (κ3) is 7.25. The average molecular weight is 354 g/mol. The van der Waals surface area contributed by atoms with Crippen molar-refractivity contribution in [2.24, 2.45) is 0 Å². The van der Waals surface area contributed by atoms with Crippen molar-refractivity contribution in [3.05, 3.63) is 27.2 Å². The molecule has 0 radical (unpaired) electrons. The molecule has 0 amide bonds. The summed E-state index contributed by atoms with van der Waals surface area (Å²) in [5, 5.41) is 0.959. The van der Waals surface area contributed by atoms with Gasteiger partial charge in [0, 0.05) is 6.07 Å². The second-order valence-electron chi connectivity index (χ2n) is 4.62. The van der Waals surface area contributed by atoms with Gasteiger partial charge in [-0.15, -0.1) is 0 Å². The van der Waals surface area contributed by atoms with Gasteiger partial charge in [-0.2, -0.15) is 0 Å². The summed E-state index contributed by atoms with van der Waals surface area (Å²) in [5.41, 5.74) is 0. The van der Waals surface area contributed by atoms with Crippen molar-refractivity contribution >= 4 is 40.8 Å². The Balaban J connectivity index is 2.25.